The van der Waals surface area contributed by atoms with Gasteiger partial charge in [0.2, 0.25) is 11.8 Å². The zero-order valence-electron chi connectivity index (χ0n) is 10.5. The van der Waals surface area contributed by atoms with Crippen LogP contribution in [-0.4, -0.2) is 11.8 Å². The summed E-state index contributed by atoms with van der Waals surface area (Å²) in [5.41, 5.74) is 1.58. The lowest BCUT2D eigenvalue weighted by Gasteiger charge is -2.27. The number of hydrogen-bond donors (Lipinski definition) is 1. The van der Waals surface area contributed by atoms with Gasteiger partial charge in [0, 0.05) is 30.3 Å². The van der Waals surface area contributed by atoms with Crippen molar-refractivity contribution >= 4 is 23.2 Å². The third-order valence-electron chi connectivity index (χ3n) is 3.44. The van der Waals surface area contributed by atoms with Gasteiger partial charge in [-0.1, -0.05) is 12.1 Å². The molecule has 0 aliphatic heterocycles. The molecule has 19 heavy (non-hydrogen) atoms. The van der Waals surface area contributed by atoms with Gasteiger partial charge >= 0.3 is 0 Å². The van der Waals surface area contributed by atoms with Crippen LogP contribution in [0.2, 0.25) is 0 Å². The van der Waals surface area contributed by atoms with Gasteiger partial charge in [0.05, 0.1) is 0 Å². The summed E-state index contributed by atoms with van der Waals surface area (Å²) < 4.78 is 26.0. The second-order valence-electron chi connectivity index (χ2n) is 4.95. The van der Waals surface area contributed by atoms with Crippen molar-refractivity contribution < 1.29 is 13.6 Å². The Hall–Kier alpha value is -1.16. The van der Waals surface area contributed by atoms with Crippen LogP contribution in [-0.2, 0) is 10.7 Å². The molecule has 2 nitrogen and oxygen atoms in total. The minimum atomic E-state index is -2.60. The fourth-order valence-electron chi connectivity index (χ4n) is 2.28. The smallest absolute Gasteiger partial charge is 0.248 e. The van der Waals surface area contributed by atoms with E-state index in [1.807, 2.05) is 12.1 Å². The van der Waals surface area contributed by atoms with Crippen LogP contribution in [0.4, 0.5) is 14.5 Å². The van der Waals surface area contributed by atoms with Crippen LogP contribution in [0, 0.1) is 5.92 Å². The van der Waals surface area contributed by atoms with Crippen LogP contribution in [0.5, 0.6) is 0 Å². The molecule has 2 rings (SSSR count). The van der Waals surface area contributed by atoms with E-state index in [0.29, 0.717) is 11.6 Å². The first-order valence-electron chi connectivity index (χ1n) is 6.34. The Morgan fingerprint density at radius 3 is 2.68 bits per heavy atom. The topological polar surface area (TPSA) is 29.1 Å². The Kier molecular flexibility index (Phi) is 4.40. The minimum absolute atomic E-state index is 0.178. The van der Waals surface area contributed by atoms with Crippen LogP contribution in [0.15, 0.2) is 24.3 Å². The largest absolute Gasteiger partial charge is 0.326 e. The number of benzene rings is 1. The van der Waals surface area contributed by atoms with Crippen molar-refractivity contribution in [2.24, 2.45) is 5.92 Å². The van der Waals surface area contributed by atoms with Gasteiger partial charge in [-0.3, -0.25) is 4.79 Å². The number of hydrogen-bond acceptors (Lipinski definition) is 1. The summed E-state index contributed by atoms with van der Waals surface area (Å²) in [7, 11) is 0. The molecule has 0 aromatic heterocycles. The highest BCUT2D eigenvalue weighted by molar-refractivity contribution is 6.17. The first-order valence-corrected chi connectivity index (χ1v) is 6.87. The molecule has 0 spiro atoms. The van der Waals surface area contributed by atoms with Crippen molar-refractivity contribution in [1.29, 1.82) is 0 Å². The van der Waals surface area contributed by atoms with Crippen molar-refractivity contribution in [3.05, 3.63) is 29.8 Å². The van der Waals surface area contributed by atoms with Crippen LogP contribution in [0.1, 0.15) is 31.2 Å². The molecule has 1 aromatic carbocycles. The maximum absolute atomic E-state index is 13.0. The van der Waals surface area contributed by atoms with Gasteiger partial charge in [0.15, 0.2) is 0 Å². The van der Waals surface area contributed by atoms with Crippen LogP contribution >= 0.6 is 11.6 Å². The molecule has 0 radical (unpaired) electrons. The van der Waals surface area contributed by atoms with Crippen molar-refractivity contribution in [2.45, 2.75) is 37.5 Å². The third kappa shape index (κ3) is 3.90. The minimum Gasteiger partial charge on any atom is -0.326 e. The van der Waals surface area contributed by atoms with Gasteiger partial charge < -0.3 is 5.32 Å². The first kappa shape index (κ1) is 14.3. The zero-order valence-corrected chi connectivity index (χ0v) is 11.2. The number of halogens is 3. The lowest BCUT2D eigenvalue weighted by molar-refractivity contribution is -0.124. The van der Waals surface area contributed by atoms with Gasteiger partial charge in [-0.2, -0.15) is 0 Å². The first-order chi connectivity index (χ1) is 9.00. The average molecular weight is 288 g/mol. The lowest BCUT2D eigenvalue weighted by atomic mass is 9.86. The molecular formula is C14H16ClF2NO. The Labute approximate surface area is 116 Å². The van der Waals surface area contributed by atoms with Crippen LogP contribution in [0.3, 0.4) is 0 Å². The summed E-state index contributed by atoms with van der Waals surface area (Å²) in [6, 6.07) is 7.24. The molecule has 0 bridgehead atoms. The molecule has 5 heteroatoms. The van der Waals surface area contributed by atoms with Crippen LogP contribution in [0.25, 0.3) is 0 Å². The molecule has 0 unspecified atom stereocenters. The molecule has 1 aliphatic rings. The van der Waals surface area contributed by atoms with E-state index in [-0.39, 0.29) is 37.5 Å². The predicted octanol–water partition coefficient (Wildman–Crippen LogP) is 4.19. The third-order valence-corrected chi connectivity index (χ3v) is 3.75. The Morgan fingerprint density at radius 1 is 1.37 bits per heavy atom. The molecular weight excluding hydrogens is 272 g/mol. The monoisotopic (exact) mass is 287 g/mol. The van der Waals surface area contributed by atoms with E-state index in [4.69, 9.17) is 11.6 Å². The summed E-state index contributed by atoms with van der Waals surface area (Å²) in [6.45, 7) is 0. The van der Waals surface area contributed by atoms with E-state index in [1.54, 1.807) is 12.1 Å². The van der Waals surface area contributed by atoms with E-state index in [1.165, 1.54) is 0 Å². The highest BCUT2D eigenvalue weighted by atomic mass is 35.5. The van der Waals surface area contributed by atoms with Crippen molar-refractivity contribution in [2.75, 3.05) is 5.32 Å². The number of carbonyl (C=O) groups excluding carboxylic acids is 1. The summed E-state index contributed by atoms with van der Waals surface area (Å²) in [5.74, 6) is -2.73. The second-order valence-corrected chi connectivity index (χ2v) is 5.22. The summed E-state index contributed by atoms with van der Waals surface area (Å²) >= 11 is 5.72. The maximum Gasteiger partial charge on any atom is 0.248 e. The van der Waals surface area contributed by atoms with Gasteiger partial charge in [0.1, 0.15) is 0 Å². The highest BCUT2D eigenvalue weighted by Gasteiger charge is 2.37. The quantitative estimate of drug-likeness (QED) is 0.830. The Balaban J connectivity index is 1.94. The van der Waals surface area contributed by atoms with Crippen molar-refractivity contribution in [3.8, 4) is 0 Å². The van der Waals surface area contributed by atoms with E-state index in [9.17, 15) is 13.6 Å². The summed E-state index contributed by atoms with van der Waals surface area (Å²) in [6.07, 6.45) is 0.0850. The normalized spacial score (nSPS) is 19.1. The molecule has 1 N–H and O–H groups in total. The number of rotatable bonds is 3. The molecule has 1 aliphatic carbocycles. The van der Waals surface area contributed by atoms with Gasteiger partial charge in [-0.15, -0.1) is 11.6 Å². The Morgan fingerprint density at radius 2 is 2.05 bits per heavy atom. The average Bonchev–Trinajstić information content (AvgIpc) is 2.38. The number of amides is 1. The lowest BCUT2D eigenvalue weighted by Crippen LogP contribution is -2.31. The molecule has 1 saturated carbocycles. The van der Waals surface area contributed by atoms with Crippen LogP contribution < -0.4 is 5.32 Å². The van der Waals surface area contributed by atoms with Gasteiger partial charge in [-0.05, 0) is 30.5 Å². The maximum atomic E-state index is 13.0. The van der Waals surface area contributed by atoms with Crippen molar-refractivity contribution in [1.82, 2.24) is 0 Å². The predicted molar refractivity (Wildman–Crippen MR) is 71.5 cm³/mol. The van der Waals surface area contributed by atoms with E-state index in [2.05, 4.69) is 5.32 Å². The highest BCUT2D eigenvalue weighted by Crippen LogP contribution is 2.36. The molecule has 1 aromatic rings. The summed E-state index contributed by atoms with van der Waals surface area (Å²) in [5, 5.41) is 2.77. The molecule has 104 valence electrons. The van der Waals surface area contributed by atoms with Crippen molar-refractivity contribution in [3.63, 3.8) is 0 Å². The number of anilines is 1. The van der Waals surface area contributed by atoms with E-state index < -0.39 is 5.92 Å². The molecule has 0 heterocycles. The molecule has 1 fully saturated rings. The molecule has 0 saturated heterocycles. The standard InChI is InChI=1S/C14H16ClF2NO/c15-9-10-2-1-3-12(8-10)18-13(19)11-4-6-14(16,17)7-5-11/h1-3,8,11H,4-7,9H2,(H,18,19). The number of alkyl halides is 3. The zero-order chi connectivity index (χ0) is 13.9. The Bertz CT molecular complexity index is 455. The SMILES string of the molecule is O=C(Nc1cccc(CCl)c1)C1CCC(F)(F)CC1. The van der Waals surface area contributed by atoms with Gasteiger partial charge in [-0.25, -0.2) is 8.78 Å². The molecule has 1 amide bonds. The number of carbonyl (C=O) groups is 1. The fourth-order valence-corrected chi connectivity index (χ4v) is 2.45. The van der Waals surface area contributed by atoms with E-state index >= 15 is 0 Å². The number of nitrogens with one attached hydrogen (secondary N) is 1. The molecule has 0 atom stereocenters. The van der Waals surface area contributed by atoms with Gasteiger partial charge in [0.25, 0.3) is 0 Å². The summed E-state index contributed by atoms with van der Waals surface area (Å²) in [4.78, 5) is 12.0. The second kappa shape index (κ2) is 5.87. The fraction of sp³-hybridized carbons (Fsp3) is 0.500. The van der Waals surface area contributed by atoms with E-state index in [0.717, 1.165) is 5.56 Å².